The summed E-state index contributed by atoms with van der Waals surface area (Å²) >= 11 is 0. The summed E-state index contributed by atoms with van der Waals surface area (Å²) in [6.45, 7) is 1.43. The van der Waals surface area contributed by atoms with Crippen molar-refractivity contribution in [2.24, 2.45) is 0 Å². The van der Waals surface area contributed by atoms with Crippen LogP contribution in [0.25, 0.3) is 0 Å². The van der Waals surface area contributed by atoms with Crippen molar-refractivity contribution in [3.8, 4) is 5.75 Å². The molecule has 1 aromatic carbocycles. The highest BCUT2D eigenvalue weighted by Crippen LogP contribution is 2.10. The monoisotopic (exact) mass is 598 g/mol. The number of rotatable bonds is 25. The van der Waals surface area contributed by atoms with E-state index in [0.717, 1.165) is 5.56 Å². The first-order chi connectivity index (χ1) is 20.2. The first-order valence-corrected chi connectivity index (χ1v) is 13.5. The number of hydrogen-bond acceptors (Lipinski definition) is 11. The molecule has 1 unspecified atom stereocenters. The minimum absolute atomic E-state index is 0.0852. The standard InChI is InChI=1S/C27H42N4O11/c1-28-23(27(37)38)6-7-24(34)29-8-10-39-12-14-41-18-25(35)30-9-11-40-13-15-42-19-26(36)31-21(17-32)16-20-2-4-22(33)5-3-20/h2-5,17,21,23,28,33H,6-16,18-19H2,1H3,(H,29,34)(H,30,35)(H,31,36)(H,37,38)/t21?,23-/m0/s1. The van der Waals surface area contributed by atoms with Gasteiger partial charge in [-0.3, -0.25) is 19.2 Å². The van der Waals surface area contributed by atoms with Gasteiger partial charge < -0.3 is 55.2 Å². The van der Waals surface area contributed by atoms with E-state index < -0.39 is 24.0 Å². The second-order valence-corrected chi connectivity index (χ2v) is 8.93. The minimum atomic E-state index is -1.01. The number of phenolic OH excluding ortho intramolecular Hbond substituents is 1. The fraction of sp³-hybridized carbons (Fsp3) is 0.593. The Labute approximate surface area is 244 Å². The van der Waals surface area contributed by atoms with Crippen LogP contribution in [0.2, 0.25) is 0 Å². The van der Waals surface area contributed by atoms with Gasteiger partial charge in [0.15, 0.2) is 0 Å². The number of ether oxygens (including phenoxy) is 4. The summed E-state index contributed by atoms with van der Waals surface area (Å²) in [6, 6.07) is 4.87. The van der Waals surface area contributed by atoms with Crippen molar-refractivity contribution in [1.29, 1.82) is 0 Å². The summed E-state index contributed by atoms with van der Waals surface area (Å²) in [6.07, 6.45) is 1.20. The molecule has 236 valence electrons. The predicted molar refractivity (Wildman–Crippen MR) is 149 cm³/mol. The van der Waals surface area contributed by atoms with Gasteiger partial charge in [0, 0.05) is 19.5 Å². The third kappa shape index (κ3) is 18.7. The van der Waals surface area contributed by atoms with Crippen LogP contribution in [-0.4, -0.2) is 125 Å². The summed E-state index contributed by atoms with van der Waals surface area (Å²) in [5, 5.41) is 28.7. The van der Waals surface area contributed by atoms with E-state index in [9.17, 15) is 29.1 Å². The van der Waals surface area contributed by atoms with E-state index in [1.165, 1.54) is 19.2 Å². The van der Waals surface area contributed by atoms with Gasteiger partial charge in [-0.05, 0) is 37.6 Å². The maximum Gasteiger partial charge on any atom is 0.320 e. The molecule has 1 rings (SSSR count). The smallest absolute Gasteiger partial charge is 0.320 e. The molecule has 42 heavy (non-hydrogen) atoms. The Morgan fingerprint density at radius 3 is 1.90 bits per heavy atom. The van der Waals surface area contributed by atoms with Crippen LogP contribution in [-0.2, 0) is 49.3 Å². The molecule has 0 bridgehead atoms. The first-order valence-electron chi connectivity index (χ1n) is 13.5. The fourth-order valence-electron chi connectivity index (χ4n) is 3.37. The Kier molecular flexibility index (Phi) is 19.9. The van der Waals surface area contributed by atoms with Crippen molar-refractivity contribution in [1.82, 2.24) is 21.3 Å². The highest BCUT2D eigenvalue weighted by atomic mass is 16.5. The van der Waals surface area contributed by atoms with E-state index in [-0.39, 0.29) is 96.4 Å². The van der Waals surface area contributed by atoms with Gasteiger partial charge in [-0.1, -0.05) is 12.1 Å². The third-order valence-electron chi connectivity index (χ3n) is 5.56. The molecule has 1 aromatic rings. The fourth-order valence-corrected chi connectivity index (χ4v) is 3.37. The number of aldehydes is 1. The summed E-state index contributed by atoms with van der Waals surface area (Å²) in [4.78, 5) is 57.5. The van der Waals surface area contributed by atoms with E-state index in [2.05, 4.69) is 21.3 Å². The number of phenols is 1. The molecule has 0 saturated heterocycles. The normalized spacial score (nSPS) is 12.2. The largest absolute Gasteiger partial charge is 0.508 e. The van der Waals surface area contributed by atoms with E-state index in [1.807, 2.05) is 0 Å². The SMILES string of the molecule is CN[C@@H](CCC(=O)NCCOCCOCC(=O)NCCOCCOCC(=O)NC(C=O)Cc1ccc(O)cc1)C(=O)O. The third-order valence-corrected chi connectivity index (χ3v) is 5.56. The molecule has 0 aromatic heterocycles. The molecular weight excluding hydrogens is 556 g/mol. The lowest BCUT2D eigenvalue weighted by molar-refractivity contribution is -0.139. The number of carboxylic acid groups (broad SMARTS) is 1. The van der Waals surface area contributed by atoms with E-state index >= 15 is 0 Å². The Morgan fingerprint density at radius 2 is 1.36 bits per heavy atom. The van der Waals surface area contributed by atoms with Crippen LogP contribution in [0.3, 0.4) is 0 Å². The second-order valence-electron chi connectivity index (χ2n) is 8.93. The van der Waals surface area contributed by atoms with Crippen LogP contribution in [0, 0.1) is 0 Å². The van der Waals surface area contributed by atoms with Crippen LogP contribution in [0.15, 0.2) is 24.3 Å². The van der Waals surface area contributed by atoms with Gasteiger partial charge in [0.2, 0.25) is 17.7 Å². The molecule has 0 aliphatic heterocycles. The number of hydrogen-bond donors (Lipinski definition) is 6. The Bertz CT molecular complexity index is 947. The lowest BCUT2D eigenvalue weighted by Crippen LogP contribution is -2.39. The quantitative estimate of drug-likeness (QED) is 0.0553. The molecule has 0 aliphatic carbocycles. The Balaban J connectivity index is 1.92. The summed E-state index contributed by atoms with van der Waals surface area (Å²) in [7, 11) is 1.52. The summed E-state index contributed by atoms with van der Waals surface area (Å²) < 4.78 is 21.1. The van der Waals surface area contributed by atoms with Crippen LogP contribution in [0.5, 0.6) is 5.75 Å². The average Bonchev–Trinajstić information content (AvgIpc) is 2.96. The highest BCUT2D eigenvalue weighted by Gasteiger charge is 2.16. The van der Waals surface area contributed by atoms with Crippen molar-refractivity contribution in [3.63, 3.8) is 0 Å². The number of carboxylic acids is 1. The average molecular weight is 599 g/mol. The van der Waals surface area contributed by atoms with Crippen molar-refractivity contribution in [2.75, 3.05) is 73.0 Å². The second kappa shape index (κ2) is 23.0. The molecule has 0 spiro atoms. The minimum Gasteiger partial charge on any atom is -0.508 e. The Morgan fingerprint density at radius 1 is 0.810 bits per heavy atom. The number of carbonyl (C=O) groups excluding carboxylic acids is 4. The number of likely N-dealkylation sites (N-methyl/N-ethyl adjacent to an activating group) is 1. The molecule has 0 heterocycles. The molecule has 15 heteroatoms. The Hall–Kier alpha value is -3.63. The van der Waals surface area contributed by atoms with Crippen molar-refractivity contribution >= 4 is 30.0 Å². The lowest BCUT2D eigenvalue weighted by Gasteiger charge is -2.13. The maximum atomic E-state index is 12.0. The van der Waals surface area contributed by atoms with Gasteiger partial charge >= 0.3 is 5.97 Å². The van der Waals surface area contributed by atoms with Gasteiger partial charge in [0.1, 0.15) is 31.3 Å². The van der Waals surface area contributed by atoms with Crippen LogP contribution in [0.1, 0.15) is 18.4 Å². The number of carbonyl (C=O) groups is 5. The zero-order valence-electron chi connectivity index (χ0n) is 23.8. The van der Waals surface area contributed by atoms with E-state index in [0.29, 0.717) is 12.7 Å². The number of aromatic hydroxyl groups is 1. The molecule has 15 nitrogen and oxygen atoms in total. The van der Waals surface area contributed by atoms with Crippen LogP contribution in [0.4, 0.5) is 0 Å². The van der Waals surface area contributed by atoms with E-state index in [4.69, 9.17) is 24.1 Å². The molecular formula is C27H42N4O11. The number of aliphatic carboxylic acids is 1. The van der Waals surface area contributed by atoms with Gasteiger partial charge in [-0.15, -0.1) is 0 Å². The van der Waals surface area contributed by atoms with Gasteiger partial charge in [0.05, 0.1) is 45.7 Å². The lowest BCUT2D eigenvalue weighted by atomic mass is 10.1. The number of amides is 3. The molecule has 0 saturated carbocycles. The summed E-state index contributed by atoms with van der Waals surface area (Å²) in [5.41, 5.74) is 0.791. The highest BCUT2D eigenvalue weighted by molar-refractivity contribution is 5.81. The number of nitrogens with one attached hydrogen (secondary N) is 4. The van der Waals surface area contributed by atoms with Crippen molar-refractivity contribution < 1.29 is 53.1 Å². The van der Waals surface area contributed by atoms with Gasteiger partial charge in [-0.2, -0.15) is 0 Å². The summed E-state index contributed by atoms with van der Waals surface area (Å²) in [5.74, 6) is -1.92. The van der Waals surface area contributed by atoms with Crippen LogP contribution >= 0.6 is 0 Å². The van der Waals surface area contributed by atoms with Crippen molar-refractivity contribution in [3.05, 3.63) is 29.8 Å². The maximum absolute atomic E-state index is 12.0. The molecule has 0 aliphatic rings. The zero-order chi connectivity index (χ0) is 31.0. The van der Waals surface area contributed by atoms with Crippen molar-refractivity contribution in [2.45, 2.75) is 31.3 Å². The van der Waals surface area contributed by atoms with Gasteiger partial charge in [0.25, 0.3) is 0 Å². The zero-order valence-corrected chi connectivity index (χ0v) is 23.8. The molecule has 2 atom stereocenters. The van der Waals surface area contributed by atoms with Crippen LogP contribution < -0.4 is 21.3 Å². The molecule has 0 fully saturated rings. The van der Waals surface area contributed by atoms with E-state index in [1.54, 1.807) is 12.1 Å². The topological polar surface area (TPSA) is 211 Å². The molecule has 0 radical (unpaired) electrons. The molecule has 3 amide bonds. The number of benzene rings is 1. The first kappa shape index (κ1) is 36.4. The predicted octanol–water partition coefficient (Wildman–Crippen LogP) is -1.63. The van der Waals surface area contributed by atoms with Gasteiger partial charge in [-0.25, -0.2) is 0 Å². The molecule has 6 N–H and O–H groups in total.